The van der Waals surface area contributed by atoms with Crippen molar-refractivity contribution in [3.8, 4) is 6.08 Å². The average Bonchev–Trinajstić information content (AvgIpc) is 2.50. The number of nitrogens with two attached hydrogens (primary N) is 1. The quantitative estimate of drug-likeness (QED) is 0.785. The van der Waals surface area contributed by atoms with Crippen LogP contribution in [0.4, 0.5) is 0 Å². The van der Waals surface area contributed by atoms with E-state index in [2.05, 4.69) is 18.8 Å². The van der Waals surface area contributed by atoms with Crippen LogP contribution in [0, 0.1) is 5.92 Å². The van der Waals surface area contributed by atoms with E-state index < -0.39 is 0 Å². The number of oxazole rings is 1. The fraction of sp³-hybridized carbons (Fsp3) is 0.700. The van der Waals surface area contributed by atoms with Crippen molar-refractivity contribution >= 4 is 0 Å². The normalized spacial score (nSPS) is 13.2. The molecule has 14 heavy (non-hydrogen) atoms. The van der Waals surface area contributed by atoms with E-state index in [0.29, 0.717) is 18.5 Å². The highest BCUT2D eigenvalue weighted by molar-refractivity contribution is 4.99. The van der Waals surface area contributed by atoms with Crippen molar-refractivity contribution in [1.82, 2.24) is 4.98 Å². The molecule has 1 aromatic rings. The van der Waals surface area contributed by atoms with Crippen molar-refractivity contribution in [2.75, 3.05) is 0 Å². The highest BCUT2D eigenvalue weighted by Gasteiger charge is 2.10. The van der Waals surface area contributed by atoms with Gasteiger partial charge in [-0.15, -0.1) is 0 Å². The first kappa shape index (κ1) is 11.0. The van der Waals surface area contributed by atoms with Crippen LogP contribution in [0.25, 0.3) is 0 Å². The lowest BCUT2D eigenvalue weighted by Crippen LogP contribution is -2.14. The predicted molar refractivity (Wildman–Crippen MR) is 53.9 cm³/mol. The van der Waals surface area contributed by atoms with Crippen LogP contribution >= 0.6 is 0 Å². The zero-order valence-electron chi connectivity index (χ0n) is 8.99. The molecule has 1 heterocycles. The van der Waals surface area contributed by atoms with Gasteiger partial charge in [-0.3, -0.25) is 0 Å². The zero-order chi connectivity index (χ0) is 10.6. The van der Waals surface area contributed by atoms with E-state index in [-0.39, 0.29) is 6.10 Å². The molecule has 0 amide bonds. The van der Waals surface area contributed by atoms with Crippen molar-refractivity contribution in [2.24, 2.45) is 11.7 Å². The fourth-order valence-electron chi connectivity index (χ4n) is 1.32. The maximum atomic E-state index is 5.47. The summed E-state index contributed by atoms with van der Waals surface area (Å²) >= 11 is 0. The summed E-state index contributed by atoms with van der Waals surface area (Å²) in [6, 6.07) is 0. The van der Waals surface area contributed by atoms with E-state index in [0.717, 1.165) is 12.1 Å². The molecule has 0 radical (unpaired) electrons. The molecule has 0 spiro atoms. The van der Waals surface area contributed by atoms with E-state index in [1.807, 2.05) is 6.92 Å². The Morgan fingerprint density at radius 3 is 2.71 bits per heavy atom. The Hall–Kier alpha value is -1.03. The Morgan fingerprint density at radius 2 is 2.21 bits per heavy atom. The third-order valence-electron chi connectivity index (χ3n) is 1.85. The summed E-state index contributed by atoms with van der Waals surface area (Å²) < 4.78 is 10.6. The van der Waals surface area contributed by atoms with Crippen molar-refractivity contribution in [2.45, 2.75) is 39.8 Å². The van der Waals surface area contributed by atoms with Crippen LogP contribution < -0.4 is 10.5 Å². The molecule has 1 atom stereocenters. The molecule has 1 unspecified atom stereocenters. The number of hydrogen-bond acceptors (Lipinski definition) is 4. The zero-order valence-corrected chi connectivity index (χ0v) is 8.99. The topological polar surface area (TPSA) is 61.3 Å². The van der Waals surface area contributed by atoms with Crippen LogP contribution in [0.2, 0.25) is 0 Å². The van der Waals surface area contributed by atoms with Crippen molar-refractivity contribution < 1.29 is 9.15 Å². The van der Waals surface area contributed by atoms with E-state index in [1.54, 1.807) is 0 Å². The van der Waals surface area contributed by atoms with E-state index in [1.165, 1.54) is 6.26 Å². The summed E-state index contributed by atoms with van der Waals surface area (Å²) in [7, 11) is 0. The van der Waals surface area contributed by atoms with Gasteiger partial charge in [0, 0.05) is 6.54 Å². The Labute approximate surface area is 84.5 Å². The average molecular weight is 198 g/mol. The third kappa shape index (κ3) is 3.38. The molecule has 0 aliphatic carbocycles. The van der Waals surface area contributed by atoms with Gasteiger partial charge in [0.1, 0.15) is 12.4 Å². The maximum Gasteiger partial charge on any atom is 0.393 e. The molecule has 0 saturated heterocycles. The summed E-state index contributed by atoms with van der Waals surface area (Å²) in [6.45, 7) is 6.69. The van der Waals surface area contributed by atoms with Crippen molar-refractivity contribution in [1.29, 1.82) is 0 Å². The van der Waals surface area contributed by atoms with Crippen molar-refractivity contribution in [3.05, 3.63) is 12.0 Å². The molecule has 0 saturated carbocycles. The van der Waals surface area contributed by atoms with Crippen LogP contribution in [-0.2, 0) is 6.54 Å². The van der Waals surface area contributed by atoms with Crippen LogP contribution in [0.1, 0.15) is 32.9 Å². The second-order valence-corrected chi connectivity index (χ2v) is 3.87. The lowest BCUT2D eigenvalue weighted by molar-refractivity contribution is 0.142. The molecule has 0 fully saturated rings. The molecular formula is C10H18N2O2. The van der Waals surface area contributed by atoms with Gasteiger partial charge < -0.3 is 14.9 Å². The second kappa shape index (κ2) is 5.00. The second-order valence-electron chi connectivity index (χ2n) is 3.87. The Morgan fingerprint density at radius 1 is 1.50 bits per heavy atom. The summed E-state index contributed by atoms with van der Waals surface area (Å²) in [5.74, 6) is 0.606. The lowest BCUT2D eigenvalue weighted by Gasteiger charge is -2.12. The standard InChI is InChI=1S/C10H18N2O2/c1-7(2)4-8(3)14-10-12-9(5-11)6-13-10/h6-8H,4-5,11H2,1-3H3. The predicted octanol–water partition coefficient (Wildman–Crippen LogP) is 1.95. The van der Waals surface area contributed by atoms with Gasteiger partial charge in [0.15, 0.2) is 0 Å². The Kier molecular flexibility index (Phi) is 3.95. The number of hydrogen-bond donors (Lipinski definition) is 1. The van der Waals surface area contributed by atoms with Crippen molar-refractivity contribution in [3.63, 3.8) is 0 Å². The Balaban J connectivity index is 2.43. The summed E-state index contributed by atoms with van der Waals surface area (Å²) in [5, 5.41) is 0. The van der Waals surface area contributed by atoms with Crippen LogP contribution in [0.3, 0.4) is 0 Å². The van der Waals surface area contributed by atoms with Crippen LogP contribution in [0.15, 0.2) is 10.7 Å². The molecule has 4 heteroatoms. The van der Waals surface area contributed by atoms with Gasteiger partial charge in [0.05, 0.1) is 5.69 Å². The minimum Gasteiger partial charge on any atom is -0.447 e. The molecule has 0 aliphatic heterocycles. The van der Waals surface area contributed by atoms with Gasteiger partial charge >= 0.3 is 6.08 Å². The molecule has 0 bridgehead atoms. The maximum absolute atomic E-state index is 5.47. The van der Waals surface area contributed by atoms with Gasteiger partial charge in [-0.25, -0.2) is 0 Å². The minimum atomic E-state index is 0.124. The van der Waals surface area contributed by atoms with Crippen LogP contribution in [-0.4, -0.2) is 11.1 Å². The summed E-state index contributed by atoms with van der Waals surface area (Å²) in [4.78, 5) is 4.06. The molecule has 1 aromatic heterocycles. The number of nitrogens with zero attached hydrogens (tertiary/aromatic N) is 1. The first-order valence-corrected chi connectivity index (χ1v) is 4.93. The molecule has 80 valence electrons. The first-order chi connectivity index (χ1) is 6.61. The van der Waals surface area contributed by atoms with Gasteiger partial charge in [-0.1, -0.05) is 13.8 Å². The van der Waals surface area contributed by atoms with Gasteiger partial charge in [-0.2, -0.15) is 4.98 Å². The van der Waals surface area contributed by atoms with Crippen LogP contribution in [0.5, 0.6) is 6.08 Å². The SMILES string of the molecule is CC(C)CC(C)Oc1nc(CN)co1. The van der Waals surface area contributed by atoms with E-state index in [4.69, 9.17) is 14.9 Å². The Bertz CT molecular complexity index is 271. The number of rotatable bonds is 5. The van der Waals surface area contributed by atoms with E-state index in [9.17, 15) is 0 Å². The van der Waals surface area contributed by atoms with Gasteiger partial charge in [-0.05, 0) is 19.3 Å². The van der Waals surface area contributed by atoms with E-state index >= 15 is 0 Å². The lowest BCUT2D eigenvalue weighted by atomic mass is 10.1. The number of aromatic nitrogens is 1. The number of ether oxygens (including phenoxy) is 1. The molecule has 4 nitrogen and oxygen atoms in total. The smallest absolute Gasteiger partial charge is 0.393 e. The summed E-state index contributed by atoms with van der Waals surface area (Å²) in [5.41, 5.74) is 6.12. The largest absolute Gasteiger partial charge is 0.447 e. The van der Waals surface area contributed by atoms with Gasteiger partial charge in [0.25, 0.3) is 0 Å². The third-order valence-corrected chi connectivity index (χ3v) is 1.85. The minimum absolute atomic E-state index is 0.124. The van der Waals surface area contributed by atoms with Gasteiger partial charge in [0.2, 0.25) is 0 Å². The first-order valence-electron chi connectivity index (χ1n) is 4.93. The molecule has 0 aliphatic rings. The molecular weight excluding hydrogens is 180 g/mol. The monoisotopic (exact) mass is 198 g/mol. The molecule has 0 aromatic carbocycles. The highest BCUT2D eigenvalue weighted by Crippen LogP contribution is 2.14. The summed E-state index contributed by atoms with van der Waals surface area (Å²) in [6.07, 6.45) is 2.95. The highest BCUT2D eigenvalue weighted by atomic mass is 16.6. The molecule has 1 rings (SSSR count). The fourth-order valence-corrected chi connectivity index (χ4v) is 1.32. The molecule has 2 N–H and O–H groups in total.